The quantitative estimate of drug-likeness (QED) is 0.182. The lowest BCUT2D eigenvalue weighted by Crippen LogP contribution is -2.54. The van der Waals surface area contributed by atoms with Gasteiger partial charge in [0.1, 0.15) is 18.2 Å². The van der Waals surface area contributed by atoms with Crippen molar-refractivity contribution in [3.8, 4) is 0 Å². The summed E-state index contributed by atoms with van der Waals surface area (Å²) in [6.45, 7) is 9.23. The fraction of sp³-hybridized carbons (Fsp3) is 0.533. The van der Waals surface area contributed by atoms with E-state index in [2.05, 4.69) is 17.4 Å². The van der Waals surface area contributed by atoms with Crippen molar-refractivity contribution in [3.05, 3.63) is 70.7 Å². The highest BCUT2D eigenvalue weighted by Crippen LogP contribution is 2.28. The summed E-state index contributed by atoms with van der Waals surface area (Å²) in [6.07, 6.45) is 2.39. The maximum absolute atomic E-state index is 12.3. The van der Waals surface area contributed by atoms with E-state index < -0.39 is 17.8 Å². The first-order chi connectivity index (χ1) is 18.7. The molecule has 1 saturated heterocycles. The Balaban J connectivity index is 1.47. The van der Waals surface area contributed by atoms with Gasteiger partial charge in [-0.1, -0.05) is 54.1 Å². The van der Waals surface area contributed by atoms with Crippen LogP contribution < -0.4 is 5.32 Å². The second-order valence-electron chi connectivity index (χ2n) is 10.9. The first kappa shape index (κ1) is 30.7. The molecule has 1 aliphatic heterocycles. The maximum Gasteiger partial charge on any atom is 0.512 e. The summed E-state index contributed by atoms with van der Waals surface area (Å²) in [7, 11) is 0. The molecular weight excluding hydrogens is 520 g/mol. The van der Waals surface area contributed by atoms with Gasteiger partial charge in [-0.3, -0.25) is 4.48 Å². The smallest absolute Gasteiger partial charge is 0.444 e. The van der Waals surface area contributed by atoms with Gasteiger partial charge >= 0.3 is 12.2 Å². The predicted molar refractivity (Wildman–Crippen MR) is 151 cm³/mol. The molecule has 1 heterocycles. The minimum atomic E-state index is -0.695. The molecule has 1 aliphatic rings. The van der Waals surface area contributed by atoms with Crippen LogP contribution in [0.25, 0.3) is 0 Å². The van der Waals surface area contributed by atoms with Crippen LogP contribution in [-0.4, -0.2) is 68.5 Å². The highest BCUT2D eigenvalue weighted by atomic mass is 35.5. The van der Waals surface area contributed by atoms with Gasteiger partial charge in [0.25, 0.3) is 0 Å². The van der Waals surface area contributed by atoms with E-state index in [1.54, 1.807) is 20.8 Å². The topological polar surface area (TPSA) is 83.1 Å². The van der Waals surface area contributed by atoms with Gasteiger partial charge in [-0.15, -0.1) is 0 Å². The zero-order valence-electron chi connectivity index (χ0n) is 23.3. The van der Waals surface area contributed by atoms with E-state index >= 15 is 0 Å². The van der Waals surface area contributed by atoms with E-state index in [1.165, 1.54) is 6.42 Å². The van der Waals surface area contributed by atoms with Crippen LogP contribution in [-0.2, 0) is 18.9 Å². The van der Waals surface area contributed by atoms with Crippen molar-refractivity contribution in [3.63, 3.8) is 0 Å². The molecule has 214 valence electrons. The highest BCUT2D eigenvalue weighted by molar-refractivity contribution is 6.30. The average molecular weight is 562 g/mol. The third-order valence-corrected chi connectivity index (χ3v) is 6.81. The van der Waals surface area contributed by atoms with Gasteiger partial charge < -0.3 is 24.3 Å². The van der Waals surface area contributed by atoms with Crippen molar-refractivity contribution in [1.82, 2.24) is 5.32 Å². The zero-order valence-corrected chi connectivity index (χ0v) is 24.1. The first-order valence-corrected chi connectivity index (χ1v) is 14.1. The zero-order chi connectivity index (χ0) is 28.1. The summed E-state index contributed by atoms with van der Waals surface area (Å²) in [5, 5.41) is 3.33. The van der Waals surface area contributed by atoms with Crippen molar-refractivity contribution in [1.29, 1.82) is 0 Å². The Morgan fingerprint density at radius 3 is 2.26 bits per heavy atom. The van der Waals surface area contributed by atoms with Crippen molar-refractivity contribution in [2.45, 2.75) is 58.2 Å². The monoisotopic (exact) mass is 561 g/mol. The predicted octanol–water partition coefficient (Wildman–Crippen LogP) is 6.47. The summed E-state index contributed by atoms with van der Waals surface area (Å²) in [4.78, 5) is 24.0. The molecule has 1 fully saturated rings. The minimum absolute atomic E-state index is 0.150. The van der Waals surface area contributed by atoms with Crippen molar-refractivity contribution in [2.75, 3.05) is 46.1 Å². The summed E-state index contributed by atoms with van der Waals surface area (Å²) < 4.78 is 23.1. The van der Waals surface area contributed by atoms with Crippen LogP contribution in [0.5, 0.6) is 0 Å². The molecule has 0 spiro atoms. The number of benzene rings is 2. The Kier molecular flexibility index (Phi) is 11.9. The number of nitrogens with one attached hydrogen (secondary N) is 1. The molecule has 8 nitrogen and oxygen atoms in total. The summed E-state index contributed by atoms with van der Waals surface area (Å²) in [5.74, 6) is 0. The van der Waals surface area contributed by atoms with Crippen LogP contribution in [0.4, 0.5) is 9.59 Å². The third kappa shape index (κ3) is 11.1. The number of carbonyl (C=O) groups excluding carboxylic acids is 2. The Morgan fingerprint density at radius 2 is 1.59 bits per heavy atom. The van der Waals surface area contributed by atoms with Gasteiger partial charge in [0.2, 0.25) is 6.73 Å². The number of piperidine rings is 1. The third-order valence-electron chi connectivity index (χ3n) is 6.56. The first-order valence-electron chi connectivity index (χ1n) is 13.7. The SMILES string of the molecule is CC(C)(C)OC(=O)NCCCOC(=O)OC[N+]1(CCOC(c2ccccc2)c2ccc(Cl)cc2)CCCCC1. The fourth-order valence-electron chi connectivity index (χ4n) is 4.58. The number of nitrogens with zero attached hydrogens (tertiary/aromatic N) is 1. The average Bonchev–Trinajstić information content (AvgIpc) is 2.91. The van der Waals surface area contributed by atoms with E-state index in [-0.39, 0.29) is 19.4 Å². The molecule has 0 aliphatic carbocycles. The number of carbonyl (C=O) groups is 2. The van der Waals surface area contributed by atoms with E-state index in [4.69, 9.17) is 30.5 Å². The molecule has 2 aromatic rings. The molecule has 2 aromatic carbocycles. The fourth-order valence-corrected chi connectivity index (χ4v) is 4.70. The van der Waals surface area contributed by atoms with E-state index in [0.717, 1.165) is 43.6 Å². The lowest BCUT2D eigenvalue weighted by atomic mass is 10.0. The van der Waals surface area contributed by atoms with E-state index in [0.29, 0.717) is 29.1 Å². The van der Waals surface area contributed by atoms with E-state index in [1.807, 2.05) is 42.5 Å². The van der Waals surface area contributed by atoms with Gasteiger partial charge in [-0.2, -0.15) is 0 Å². The summed E-state index contributed by atoms with van der Waals surface area (Å²) in [5.41, 5.74) is 1.56. The number of ether oxygens (including phenoxy) is 4. The minimum Gasteiger partial charge on any atom is -0.444 e. The molecule has 3 rings (SSSR count). The van der Waals surface area contributed by atoms with Gasteiger partial charge in [0.05, 0.1) is 26.3 Å². The van der Waals surface area contributed by atoms with Crippen LogP contribution in [0.15, 0.2) is 54.6 Å². The lowest BCUT2D eigenvalue weighted by Gasteiger charge is -2.40. The molecule has 0 aromatic heterocycles. The largest absolute Gasteiger partial charge is 0.512 e. The molecule has 9 heteroatoms. The molecule has 1 atom stereocenters. The van der Waals surface area contributed by atoms with Crippen LogP contribution in [0.1, 0.15) is 63.7 Å². The number of hydrogen-bond acceptors (Lipinski definition) is 6. The van der Waals surface area contributed by atoms with E-state index in [9.17, 15) is 9.59 Å². The standard InChI is InChI=1S/C30H41ClN2O6/c1-30(2,3)39-28(34)32-17-10-21-37-29(35)38-23-33(18-8-5-9-19-33)20-22-36-27(24-11-6-4-7-12-24)25-13-15-26(31)16-14-25/h4,6-7,11-16,27H,5,8-10,17-23H2,1-3H3/p+1. The summed E-state index contributed by atoms with van der Waals surface area (Å²) >= 11 is 6.11. The molecule has 39 heavy (non-hydrogen) atoms. The molecule has 1 amide bonds. The number of halogens is 1. The van der Waals surface area contributed by atoms with Gasteiger partial charge in [0.15, 0.2) is 0 Å². The van der Waals surface area contributed by atoms with Crippen LogP contribution in [0.2, 0.25) is 5.02 Å². The molecular formula is C30H42ClN2O6+. The number of hydrogen-bond donors (Lipinski definition) is 1. The maximum atomic E-state index is 12.3. The van der Waals surface area contributed by atoms with Gasteiger partial charge in [-0.05, 0) is 69.7 Å². The molecule has 1 N–H and O–H groups in total. The second kappa shape index (κ2) is 15.1. The highest BCUT2D eigenvalue weighted by Gasteiger charge is 2.32. The second-order valence-corrected chi connectivity index (χ2v) is 11.4. The van der Waals surface area contributed by atoms with Gasteiger partial charge in [0, 0.05) is 11.6 Å². The number of rotatable bonds is 12. The molecule has 0 bridgehead atoms. The van der Waals surface area contributed by atoms with Crippen LogP contribution in [0, 0.1) is 0 Å². The Bertz CT molecular complexity index is 1020. The van der Waals surface area contributed by atoms with Crippen molar-refractivity contribution < 1.29 is 33.0 Å². The van der Waals surface area contributed by atoms with Crippen LogP contribution in [0.3, 0.4) is 0 Å². The number of amides is 1. The van der Waals surface area contributed by atoms with Gasteiger partial charge in [-0.25, -0.2) is 9.59 Å². The normalized spacial score (nSPS) is 15.7. The number of likely N-dealkylation sites (tertiary alicyclic amines) is 1. The van der Waals surface area contributed by atoms with Crippen LogP contribution >= 0.6 is 11.6 Å². The Morgan fingerprint density at radius 1 is 0.923 bits per heavy atom. The van der Waals surface area contributed by atoms with Crippen molar-refractivity contribution >= 4 is 23.8 Å². The number of alkyl carbamates (subject to hydrolysis) is 1. The Labute approximate surface area is 237 Å². The number of quaternary nitrogens is 1. The molecule has 1 unspecified atom stereocenters. The lowest BCUT2D eigenvalue weighted by molar-refractivity contribution is -0.948. The molecule has 0 saturated carbocycles. The van der Waals surface area contributed by atoms with Crippen molar-refractivity contribution in [2.24, 2.45) is 0 Å². The summed E-state index contributed by atoms with van der Waals surface area (Å²) in [6, 6.07) is 17.9. The molecule has 0 radical (unpaired) electrons. The Hall–Kier alpha value is -2.81.